The van der Waals surface area contributed by atoms with Gasteiger partial charge in [-0.25, -0.2) is 0 Å². The maximum atomic E-state index is 14.9. The van der Waals surface area contributed by atoms with Crippen LogP contribution in [-0.4, -0.2) is 107 Å². The van der Waals surface area contributed by atoms with Crippen LogP contribution in [0.3, 0.4) is 0 Å². The van der Waals surface area contributed by atoms with Crippen molar-refractivity contribution in [2.45, 2.75) is 110 Å². The van der Waals surface area contributed by atoms with Crippen molar-refractivity contribution in [2.75, 3.05) is 45.9 Å². The summed E-state index contributed by atoms with van der Waals surface area (Å²) in [6.45, 7) is 19.0. The lowest BCUT2D eigenvalue weighted by Gasteiger charge is -2.43. The molecule has 45 heavy (non-hydrogen) atoms. The molecule has 250 valence electrons. The minimum atomic E-state index is -0.586. The first-order valence-corrected chi connectivity index (χ1v) is 17.5. The van der Waals surface area contributed by atoms with Crippen molar-refractivity contribution in [3.63, 3.8) is 0 Å². The van der Waals surface area contributed by atoms with Gasteiger partial charge in [0.25, 0.3) is 0 Å². The molecule has 4 atom stereocenters. The number of hydrogen-bond acceptors (Lipinski definition) is 5. The molecule has 0 unspecified atom stereocenters. The Balaban J connectivity index is 1.48. The molecule has 8 nitrogen and oxygen atoms in total. The number of rotatable bonds is 6. The molecule has 0 radical (unpaired) electrons. The highest BCUT2D eigenvalue weighted by molar-refractivity contribution is 6.30. The van der Waals surface area contributed by atoms with Gasteiger partial charge in [-0.1, -0.05) is 51.4 Å². The summed E-state index contributed by atoms with van der Waals surface area (Å²) in [5, 5.41) is 0.673. The Morgan fingerprint density at radius 3 is 2.13 bits per heavy atom. The predicted octanol–water partition coefficient (Wildman–Crippen LogP) is 5.44. The first-order valence-electron chi connectivity index (χ1n) is 17.2. The minimum Gasteiger partial charge on any atom is -0.378 e. The summed E-state index contributed by atoms with van der Waals surface area (Å²) < 4.78 is 5.55. The zero-order chi connectivity index (χ0) is 32.7. The molecule has 3 saturated heterocycles. The van der Waals surface area contributed by atoms with Crippen molar-refractivity contribution in [3.05, 3.63) is 34.9 Å². The van der Waals surface area contributed by atoms with Gasteiger partial charge in [-0.3, -0.25) is 19.3 Å². The summed E-state index contributed by atoms with van der Waals surface area (Å²) >= 11 is 6.25. The average molecular weight is 643 g/mol. The van der Waals surface area contributed by atoms with Gasteiger partial charge < -0.3 is 19.4 Å². The summed E-state index contributed by atoms with van der Waals surface area (Å²) in [6.07, 6.45) is 4.54. The number of morpholine rings is 1. The van der Waals surface area contributed by atoms with Crippen molar-refractivity contribution in [1.29, 1.82) is 0 Å². The molecule has 0 aromatic heterocycles. The summed E-state index contributed by atoms with van der Waals surface area (Å²) in [7, 11) is 0. The molecule has 0 N–H and O–H groups in total. The standard InChI is InChI=1S/C36H55ClN4O4/c1-24(2)32(42)41(27-12-14-36(6,7)15-13-27)28-20-31(34(44)38-16-18-45-19-17-38)40(21-28)33(43)30-23-39(35(3,4)5)22-29(30)25-8-10-26(37)11-9-25/h8-11,24,27-31H,12-23H2,1-7H3/t28-,29-,30+,31-/m0/s1. The van der Waals surface area contributed by atoms with Gasteiger partial charge in [0.1, 0.15) is 6.04 Å². The first-order chi connectivity index (χ1) is 21.2. The number of hydrogen-bond donors (Lipinski definition) is 0. The Hall–Kier alpha value is -2.16. The molecule has 1 aliphatic carbocycles. The van der Waals surface area contributed by atoms with Gasteiger partial charge in [-0.2, -0.15) is 0 Å². The second kappa shape index (κ2) is 13.5. The molecule has 1 aromatic rings. The number of halogens is 1. The van der Waals surface area contributed by atoms with Crippen molar-refractivity contribution >= 4 is 29.3 Å². The van der Waals surface area contributed by atoms with E-state index in [0.717, 1.165) is 37.8 Å². The molecule has 1 saturated carbocycles. The summed E-state index contributed by atoms with van der Waals surface area (Å²) in [5.74, 6) is -0.310. The maximum absolute atomic E-state index is 14.9. The molecule has 3 aliphatic heterocycles. The van der Waals surface area contributed by atoms with Crippen LogP contribution in [0, 0.1) is 17.3 Å². The van der Waals surface area contributed by atoms with E-state index in [1.54, 1.807) is 0 Å². The quantitative estimate of drug-likeness (QED) is 0.414. The highest BCUT2D eigenvalue weighted by atomic mass is 35.5. The lowest BCUT2D eigenvalue weighted by atomic mass is 9.75. The third-order valence-corrected chi connectivity index (χ3v) is 11.1. The van der Waals surface area contributed by atoms with E-state index in [1.165, 1.54) is 0 Å². The largest absolute Gasteiger partial charge is 0.378 e. The topological polar surface area (TPSA) is 73.4 Å². The van der Waals surface area contributed by atoms with Gasteiger partial charge in [0.2, 0.25) is 17.7 Å². The average Bonchev–Trinajstić information content (AvgIpc) is 3.64. The summed E-state index contributed by atoms with van der Waals surface area (Å²) in [6, 6.07) is 7.24. The number of carbonyl (C=O) groups is 3. The second-order valence-corrected chi connectivity index (χ2v) is 16.4. The third kappa shape index (κ3) is 7.54. The van der Waals surface area contributed by atoms with Crippen molar-refractivity contribution in [3.8, 4) is 0 Å². The molecule has 0 spiro atoms. The highest BCUT2D eigenvalue weighted by Crippen LogP contribution is 2.42. The van der Waals surface area contributed by atoms with E-state index < -0.39 is 6.04 Å². The smallest absolute Gasteiger partial charge is 0.245 e. The van der Waals surface area contributed by atoms with Crippen LogP contribution in [0.2, 0.25) is 5.02 Å². The zero-order valence-electron chi connectivity index (χ0n) is 28.6. The van der Waals surface area contributed by atoms with Crippen molar-refractivity contribution < 1.29 is 19.1 Å². The van der Waals surface area contributed by atoms with E-state index >= 15 is 0 Å². The molecule has 5 rings (SSSR count). The number of ether oxygens (including phenoxy) is 1. The van der Waals surface area contributed by atoms with Crippen molar-refractivity contribution in [2.24, 2.45) is 17.3 Å². The number of likely N-dealkylation sites (tertiary alicyclic amines) is 2. The van der Waals surface area contributed by atoms with E-state index in [2.05, 4.69) is 44.4 Å². The van der Waals surface area contributed by atoms with Crippen LogP contribution in [0.5, 0.6) is 0 Å². The Morgan fingerprint density at radius 1 is 0.933 bits per heavy atom. The monoisotopic (exact) mass is 642 g/mol. The van der Waals surface area contributed by atoms with Crippen LogP contribution in [-0.2, 0) is 19.1 Å². The van der Waals surface area contributed by atoms with Crippen molar-refractivity contribution in [1.82, 2.24) is 19.6 Å². The molecular formula is C36H55ClN4O4. The fourth-order valence-electron chi connectivity index (χ4n) is 7.97. The fraction of sp³-hybridized carbons (Fsp3) is 0.750. The highest BCUT2D eigenvalue weighted by Gasteiger charge is 2.51. The molecule has 9 heteroatoms. The second-order valence-electron chi connectivity index (χ2n) is 16.0. The number of benzene rings is 1. The van der Waals surface area contributed by atoms with Crippen LogP contribution in [0.4, 0.5) is 0 Å². The molecule has 4 fully saturated rings. The Kier molecular flexibility index (Phi) is 10.3. The number of carbonyl (C=O) groups excluding carboxylic acids is 3. The SMILES string of the molecule is CC(C)C(=O)N(C1CCC(C)(C)CC1)[C@H]1C[C@@H](C(=O)N2CCOCC2)N(C(=O)[C@@H]2CN(C(C)(C)C)C[C@H]2c2ccc(Cl)cc2)C1. The van der Waals surface area contributed by atoms with E-state index in [4.69, 9.17) is 16.3 Å². The van der Waals surface area contributed by atoms with E-state index in [-0.39, 0.29) is 58.5 Å². The molecule has 4 aliphatic rings. The fourth-order valence-corrected chi connectivity index (χ4v) is 8.09. The zero-order valence-corrected chi connectivity index (χ0v) is 29.3. The molecule has 3 amide bonds. The Bertz CT molecular complexity index is 1210. The molecule has 1 aromatic carbocycles. The van der Waals surface area contributed by atoms with Crippen LogP contribution in [0.25, 0.3) is 0 Å². The van der Waals surface area contributed by atoms with E-state index in [9.17, 15) is 14.4 Å². The lowest BCUT2D eigenvalue weighted by Crippen LogP contribution is -2.53. The molecule has 3 heterocycles. The third-order valence-electron chi connectivity index (χ3n) is 10.9. The minimum absolute atomic E-state index is 0.00964. The van der Waals surface area contributed by atoms with Gasteiger partial charge in [0.15, 0.2) is 0 Å². The van der Waals surface area contributed by atoms with Gasteiger partial charge in [-0.05, 0) is 76.0 Å². The van der Waals surface area contributed by atoms with Gasteiger partial charge in [0.05, 0.1) is 25.2 Å². The molecular weight excluding hydrogens is 588 g/mol. The molecule has 0 bridgehead atoms. The summed E-state index contributed by atoms with van der Waals surface area (Å²) in [5.41, 5.74) is 1.26. The summed E-state index contributed by atoms with van der Waals surface area (Å²) in [4.78, 5) is 51.2. The van der Waals surface area contributed by atoms with Crippen LogP contribution in [0.15, 0.2) is 24.3 Å². The van der Waals surface area contributed by atoms with E-state index in [1.807, 2.05) is 47.9 Å². The van der Waals surface area contributed by atoms with E-state index in [0.29, 0.717) is 50.8 Å². The number of nitrogens with zero attached hydrogens (tertiary/aromatic N) is 4. The Labute approximate surface area is 275 Å². The lowest BCUT2D eigenvalue weighted by molar-refractivity contribution is -0.148. The van der Waals surface area contributed by atoms with Crippen LogP contribution >= 0.6 is 11.6 Å². The first kappa shape index (κ1) is 34.2. The maximum Gasteiger partial charge on any atom is 0.245 e. The number of amides is 3. The van der Waals surface area contributed by atoms with Gasteiger partial charge in [0, 0.05) is 61.2 Å². The van der Waals surface area contributed by atoms with Gasteiger partial charge >= 0.3 is 0 Å². The normalized spacial score (nSPS) is 28.1. The Morgan fingerprint density at radius 2 is 1.56 bits per heavy atom. The van der Waals surface area contributed by atoms with Crippen LogP contribution < -0.4 is 0 Å². The predicted molar refractivity (Wildman–Crippen MR) is 178 cm³/mol. The van der Waals surface area contributed by atoms with Crippen LogP contribution in [0.1, 0.15) is 92.1 Å². The van der Waals surface area contributed by atoms with Gasteiger partial charge in [-0.15, -0.1) is 0 Å².